The van der Waals surface area contributed by atoms with Crippen molar-refractivity contribution in [1.82, 2.24) is 4.90 Å². The molecule has 1 fully saturated rings. The smallest absolute Gasteiger partial charge is 0.548 e. The van der Waals surface area contributed by atoms with Gasteiger partial charge in [-0.3, -0.25) is 4.90 Å². The summed E-state index contributed by atoms with van der Waals surface area (Å²) in [6.07, 6.45) is -3.86. The Morgan fingerprint density at radius 3 is 2.15 bits per heavy atom. The molecule has 8 heteroatoms. The minimum Gasteiger partial charge on any atom is -0.548 e. The molecule has 2 rings (SSSR count). The molecule has 0 aliphatic carbocycles. The molecule has 1 atom stereocenters. The summed E-state index contributed by atoms with van der Waals surface area (Å²) >= 11 is 0. The number of nitrogens with zero attached hydrogens (tertiary/aromatic N) is 1. The Bertz CT molecular complexity index is 460. The predicted molar refractivity (Wildman–Crippen MR) is 57.1 cm³/mol. The number of rotatable bonds is 4. The van der Waals surface area contributed by atoms with Crippen LogP contribution in [0.15, 0.2) is 24.3 Å². The summed E-state index contributed by atoms with van der Waals surface area (Å²) < 4.78 is 39.7. The minimum atomic E-state index is -4.76. The number of alkyl halides is 3. The van der Waals surface area contributed by atoms with E-state index in [4.69, 9.17) is 0 Å². The van der Waals surface area contributed by atoms with Crippen molar-refractivity contribution in [2.45, 2.75) is 18.8 Å². The van der Waals surface area contributed by atoms with E-state index in [1.54, 1.807) is 4.90 Å². The van der Waals surface area contributed by atoms with Crippen LogP contribution in [-0.4, -0.2) is 30.3 Å². The van der Waals surface area contributed by atoms with E-state index in [0.717, 1.165) is 18.6 Å². The van der Waals surface area contributed by atoms with E-state index in [-0.39, 0.29) is 24.6 Å². The first-order valence-corrected chi connectivity index (χ1v) is 5.67. The van der Waals surface area contributed by atoms with Gasteiger partial charge < -0.3 is 14.6 Å². The Labute approximate surface area is 125 Å². The number of halogens is 3. The zero-order valence-corrected chi connectivity index (χ0v) is 10.8. The molecule has 1 aromatic rings. The molecule has 0 spiro atoms. The van der Waals surface area contributed by atoms with Gasteiger partial charge in [-0.25, -0.2) is 0 Å². The number of aliphatic carboxylic acids is 1. The Hall–Kier alpha value is -1.16. The number of benzene rings is 1. The second-order valence-corrected chi connectivity index (χ2v) is 4.23. The monoisotopic (exact) mass is 281 g/mol. The second kappa shape index (κ2) is 6.53. The normalized spacial score (nSPS) is 16.8. The van der Waals surface area contributed by atoms with Crippen molar-refractivity contribution in [3.8, 4) is 5.75 Å². The molecule has 0 radical (unpaired) electrons. The fraction of sp³-hybridized carbons (Fsp3) is 0.417. The van der Waals surface area contributed by atoms with E-state index < -0.39 is 18.4 Å². The van der Waals surface area contributed by atoms with Crippen molar-refractivity contribution in [2.75, 3.05) is 13.1 Å². The first-order valence-electron chi connectivity index (χ1n) is 5.67. The van der Waals surface area contributed by atoms with Gasteiger partial charge >= 0.3 is 25.2 Å². The van der Waals surface area contributed by atoms with Crippen LogP contribution in [0.2, 0.25) is 0 Å². The number of hydrogen-bond donors (Lipinski definition) is 0. The van der Waals surface area contributed by atoms with Gasteiger partial charge in [-0.15, -0.1) is 13.2 Å². The van der Waals surface area contributed by atoms with Crippen LogP contribution in [0.1, 0.15) is 18.0 Å². The quantitative estimate of drug-likeness (QED) is 0.604. The SMILES string of the molecule is O=C([O-])C(c1ccc(OC(F)(F)F)cc1)N1CCC1.[Li+]. The van der Waals surface area contributed by atoms with Crippen LogP contribution in [0.25, 0.3) is 0 Å². The molecule has 0 amide bonds. The van der Waals surface area contributed by atoms with Crippen molar-refractivity contribution in [1.29, 1.82) is 0 Å². The summed E-state index contributed by atoms with van der Waals surface area (Å²) in [6.45, 7) is 1.28. The molecule has 1 unspecified atom stereocenters. The molecular formula is C12H11F3LiNO3. The maximum absolute atomic E-state index is 12.0. The average Bonchev–Trinajstić information content (AvgIpc) is 2.22. The van der Waals surface area contributed by atoms with Crippen molar-refractivity contribution in [3.05, 3.63) is 29.8 Å². The number of carboxylic acids is 1. The van der Waals surface area contributed by atoms with Crippen LogP contribution < -0.4 is 28.7 Å². The van der Waals surface area contributed by atoms with Crippen LogP contribution >= 0.6 is 0 Å². The molecule has 1 aromatic carbocycles. The molecule has 1 aliphatic heterocycles. The third kappa shape index (κ3) is 4.17. The van der Waals surface area contributed by atoms with Gasteiger partial charge in [-0.1, -0.05) is 12.1 Å². The average molecular weight is 281 g/mol. The number of hydrogen-bond acceptors (Lipinski definition) is 4. The van der Waals surface area contributed by atoms with E-state index in [9.17, 15) is 23.1 Å². The fourth-order valence-corrected chi connectivity index (χ4v) is 1.95. The van der Waals surface area contributed by atoms with Gasteiger partial charge in [0.25, 0.3) is 0 Å². The third-order valence-corrected chi connectivity index (χ3v) is 2.91. The first kappa shape index (κ1) is 16.9. The maximum atomic E-state index is 12.0. The molecule has 4 nitrogen and oxygen atoms in total. The van der Waals surface area contributed by atoms with Crippen LogP contribution in [0.5, 0.6) is 5.75 Å². The summed E-state index contributed by atoms with van der Waals surface area (Å²) in [5, 5.41) is 11.1. The van der Waals surface area contributed by atoms with Crippen LogP contribution in [0.3, 0.4) is 0 Å². The molecule has 20 heavy (non-hydrogen) atoms. The topological polar surface area (TPSA) is 52.6 Å². The zero-order valence-electron chi connectivity index (χ0n) is 10.8. The van der Waals surface area contributed by atoms with Crippen molar-refractivity contribution in [3.63, 3.8) is 0 Å². The summed E-state index contributed by atoms with van der Waals surface area (Å²) in [4.78, 5) is 12.8. The molecule has 0 bridgehead atoms. The van der Waals surface area contributed by atoms with E-state index >= 15 is 0 Å². The summed E-state index contributed by atoms with van der Waals surface area (Å²) in [7, 11) is 0. The largest absolute Gasteiger partial charge is 1.00 e. The van der Waals surface area contributed by atoms with Crippen LogP contribution in [0.4, 0.5) is 13.2 Å². The van der Waals surface area contributed by atoms with Gasteiger partial charge in [-0.05, 0) is 24.1 Å². The van der Waals surface area contributed by atoms with Gasteiger partial charge in [0.05, 0.1) is 12.0 Å². The Kier molecular flexibility index (Phi) is 5.51. The molecule has 0 N–H and O–H groups in total. The summed E-state index contributed by atoms with van der Waals surface area (Å²) in [6, 6.07) is 3.88. The Morgan fingerprint density at radius 2 is 1.80 bits per heavy atom. The molecule has 1 saturated heterocycles. The van der Waals surface area contributed by atoms with E-state index in [1.807, 2.05) is 0 Å². The van der Waals surface area contributed by atoms with Crippen LogP contribution in [-0.2, 0) is 4.79 Å². The van der Waals surface area contributed by atoms with E-state index in [2.05, 4.69) is 4.74 Å². The van der Waals surface area contributed by atoms with Gasteiger partial charge in [-0.2, -0.15) is 0 Å². The van der Waals surface area contributed by atoms with E-state index in [0.29, 0.717) is 18.7 Å². The Balaban J connectivity index is 0.00000200. The molecular weight excluding hydrogens is 270 g/mol. The second-order valence-electron chi connectivity index (χ2n) is 4.23. The fourth-order valence-electron chi connectivity index (χ4n) is 1.95. The standard InChI is InChI=1S/C12H12F3NO3.Li/c13-12(14,15)19-9-4-2-8(3-5-9)10(11(17)18)16-6-1-7-16;/h2-5,10H,1,6-7H2,(H,17,18);/q;+1/p-1. The third-order valence-electron chi connectivity index (χ3n) is 2.91. The van der Waals surface area contributed by atoms with Crippen LogP contribution in [0, 0.1) is 0 Å². The molecule has 1 aliphatic rings. The van der Waals surface area contributed by atoms with Crippen molar-refractivity contribution < 1.29 is 46.7 Å². The number of carboxylic acid groups (broad SMARTS) is 1. The number of likely N-dealkylation sites (tertiary alicyclic amines) is 1. The molecule has 0 aromatic heterocycles. The number of ether oxygens (including phenoxy) is 1. The van der Waals surface area contributed by atoms with Crippen molar-refractivity contribution >= 4 is 5.97 Å². The molecule has 0 saturated carbocycles. The molecule has 104 valence electrons. The maximum Gasteiger partial charge on any atom is 1.00 e. The van der Waals surface area contributed by atoms with Gasteiger partial charge in [0.2, 0.25) is 0 Å². The number of carbonyl (C=O) groups is 1. The summed E-state index contributed by atoms with van der Waals surface area (Å²) in [5.41, 5.74) is 0.384. The molecule has 1 heterocycles. The van der Waals surface area contributed by atoms with Gasteiger partial charge in [0.15, 0.2) is 0 Å². The number of carbonyl (C=O) groups excluding carboxylic acids is 1. The minimum absolute atomic E-state index is 0. The van der Waals surface area contributed by atoms with Gasteiger partial charge in [0, 0.05) is 13.1 Å². The van der Waals surface area contributed by atoms with Crippen molar-refractivity contribution in [2.24, 2.45) is 0 Å². The Morgan fingerprint density at radius 1 is 1.25 bits per heavy atom. The summed E-state index contributed by atoms with van der Waals surface area (Å²) in [5.74, 6) is -1.64. The predicted octanol–water partition coefficient (Wildman–Crippen LogP) is -1.91. The first-order chi connectivity index (χ1) is 8.87. The van der Waals surface area contributed by atoms with Gasteiger partial charge in [0.1, 0.15) is 5.75 Å². The zero-order chi connectivity index (χ0) is 14.0. The van der Waals surface area contributed by atoms with E-state index in [1.165, 1.54) is 12.1 Å².